The van der Waals surface area contributed by atoms with E-state index in [-0.39, 0.29) is 24.0 Å². The van der Waals surface area contributed by atoms with Crippen LogP contribution in [0.25, 0.3) is 0 Å². The van der Waals surface area contributed by atoms with E-state index in [1.165, 1.54) is 17.4 Å². The lowest BCUT2D eigenvalue weighted by Crippen LogP contribution is -2.36. The lowest BCUT2D eigenvalue weighted by atomic mass is 9.88. The van der Waals surface area contributed by atoms with Crippen LogP contribution in [-0.4, -0.2) is 44.4 Å². The summed E-state index contributed by atoms with van der Waals surface area (Å²) in [5.41, 5.74) is 1.37. The Balaban J connectivity index is 1.50. The maximum atomic E-state index is 13.2. The summed E-state index contributed by atoms with van der Waals surface area (Å²) in [6.45, 7) is 1.87. The number of rotatable bonds is 6. The number of nitrogens with one attached hydrogen (secondary N) is 2. The monoisotopic (exact) mass is 530 g/mol. The third-order valence-electron chi connectivity index (χ3n) is 5.81. The van der Waals surface area contributed by atoms with Crippen molar-refractivity contribution in [2.24, 2.45) is 5.92 Å². The third kappa shape index (κ3) is 5.82. The zero-order valence-corrected chi connectivity index (χ0v) is 21.1. The molecule has 1 aromatic carbocycles. The molecule has 0 radical (unpaired) electrons. The third-order valence-corrected chi connectivity index (χ3v) is 9.28. The minimum absolute atomic E-state index is 0.0561. The Kier molecular flexibility index (Phi) is 7.23. The second-order valence-corrected chi connectivity index (χ2v) is 12.7. The van der Waals surface area contributed by atoms with Crippen LogP contribution in [0, 0.1) is 5.92 Å². The molecule has 1 aromatic heterocycles. The Bertz CT molecular complexity index is 1200. The van der Waals surface area contributed by atoms with E-state index in [1.807, 2.05) is 0 Å². The van der Waals surface area contributed by atoms with Gasteiger partial charge in [0.1, 0.15) is 10.8 Å². The molecule has 178 valence electrons. The van der Waals surface area contributed by atoms with E-state index in [0.29, 0.717) is 38.7 Å². The molecule has 33 heavy (non-hydrogen) atoms. The topological polar surface area (TPSA) is 102 Å². The number of benzene rings is 1. The van der Waals surface area contributed by atoms with E-state index in [2.05, 4.69) is 17.6 Å². The number of halogens is 2. The van der Waals surface area contributed by atoms with Gasteiger partial charge in [0.15, 0.2) is 16.4 Å². The first-order chi connectivity index (χ1) is 15.6. The number of carbonyl (C=O) groups excluding carboxylic acids is 2. The number of carbonyl (C=O) groups is 2. The molecule has 0 spiro atoms. The van der Waals surface area contributed by atoms with Crippen molar-refractivity contribution < 1.29 is 22.7 Å². The van der Waals surface area contributed by atoms with E-state index in [1.54, 1.807) is 12.1 Å². The minimum atomic E-state index is -3.12. The van der Waals surface area contributed by atoms with E-state index >= 15 is 0 Å². The summed E-state index contributed by atoms with van der Waals surface area (Å²) in [6, 6.07) is 4.30. The van der Waals surface area contributed by atoms with Gasteiger partial charge in [0.05, 0.1) is 22.1 Å². The van der Waals surface area contributed by atoms with Crippen molar-refractivity contribution in [2.75, 3.05) is 23.4 Å². The number of sulfone groups is 1. The van der Waals surface area contributed by atoms with Crippen LogP contribution in [0.4, 0.5) is 5.00 Å². The predicted octanol–water partition coefficient (Wildman–Crippen LogP) is 4.11. The molecule has 2 N–H and O–H groups in total. The van der Waals surface area contributed by atoms with E-state index in [4.69, 9.17) is 27.9 Å². The van der Waals surface area contributed by atoms with Crippen LogP contribution >= 0.6 is 34.5 Å². The van der Waals surface area contributed by atoms with Gasteiger partial charge in [-0.2, -0.15) is 0 Å². The van der Waals surface area contributed by atoms with Crippen LogP contribution in [0.15, 0.2) is 18.2 Å². The van der Waals surface area contributed by atoms with Crippen LogP contribution in [0.3, 0.4) is 0 Å². The highest BCUT2D eigenvalue weighted by molar-refractivity contribution is 7.91. The maximum Gasteiger partial charge on any atom is 0.262 e. The van der Waals surface area contributed by atoms with Crippen LogP contribution in [0.1, 0.15) is 40.6 Å². The molecular weight excluding hydrogens is 507 g/mol. The van der Waals surface area contributed by atoms with Gasteiger partial charge in [-0.1, -0.05) is 30.1 Å². The summed E-state index contributed by atoms with van der Waals surface area (Å²) < 4.78 is 29.1. The molecule has 1 aliphatic carbocycles. The van der Waals surface area contributed by atoms with E-state index in [9.17, 15) is 18.0 Å². The number of hydrogen-bond acceptors (Lipinski definition) is 6. The number of thiophene rings is 1. The predicted molar refractivity (Wildman–Crippen MR) is 131 cm³/mol. The average Bonchev–Trinajstić information content (AvgIpc) is 3.25. The molecule has 1 fully saturated rings. The SMILES string of the molecule is CC1CCc2c(sc(NC(=O)COc3ccc(Cl)cc3Cl)c2C(=O)NC2CCS(=O)(=O)C2)C1. The first-order valence-corrected chi connectivity index (χ1v) is 14.0. The molecule has 7 nitrogen and oxygen atoms in total. The minimum Gasteiger partial charge on any atom is -0.482 e. The summed E-state index contributed by atoms with van der Waals surface area (Å²) in [6.07, 6.45) is 2.93. The molecule has 2 atom stereocenters. The second kappa shape index (κ2) is 9.82. The van der Waals surface area contributed by atoms with Gasteiger partial charge >= 0.3 is 0 Å². The largest absolute Gasteiger partial charge is 0.482 e. The second-order valence-electron chi connectivity index (χ2n) is 8.54. The fourth-order valence-corrected chi connectivity index (χ4v) is 7.70. The number of anilines is 1. The molecule has 4 rings (SSSR count). The summed E-state index contributed by atoms with van der Waals surface area (Å²) in [5.74, 6) is 0.0680. The Hall–Kier alpha value is -1.81. The van der Waals surface area contributed by atoms with Crippen molar-refractivity contribution >= 4 is 61.2 Å². The molecule has 11 heteroatoms. The Labute approximate surface area is 206 Å². The average molecular weight is 531 g/mol. The number of amides is 2. The fourth-order valence-electron chi connectivity index (χ4n) is 4.14. The summed E-state index contributed by atoms with van der Waals surface area (Å²) >= 11 is 13.4. The number of hydrogen-bond donors (Lipinski definition) is 2. The van der Waals surface area contributed by atoms with Gasteiger partial charge < -0.3 is 15.4 Å². The van der Waals surface area contributed by atoms with Crippen LogP contribution in [-0.2, 0) is 27.5 Å². The zero-order valence-electron chi connectivity index (χ0n) is 18.0. The Morgan fingerprint density at radius 3 is 2.73 bits per heavy atom. The highest BCUT2D eigenvalue weighted by atomic mass is 35.5. The quantitative estimate of drug-likeness (QED) is 0.584. The van der Waals surface area contributed by atoms with Crippen molar-refractivity contribution in [1.82, 2.24) is 5.32 Å². The zero-order chi connectivity index (χ0) is 23.8. The summed E-state index contributed by atoms with van der Waals surface area (Å²) in [5, 5.41) is 6.89. The van der Waals surface area contributed by atoms with Crippen molar-refractivity contribution in [1.29, 1.82) is 0 Å². The molecule has 2 aromatic rings. The van der Waals surface area contributed by atoms with E-state index < -0.39 is 21.8 Å². The van der Waals surface area contributed by atoms with Gasteiger partial charge in [-0.05, 0) is 55.4 Å². The highest BCUT2D eigenvalue weighted by Crippen LogP contribution is 2.40. The van der Waals surface area contributed by atoms with E-state index in [0.717, 1.165) is 29.7 Å². The summed E-state index contributed by atoms with van der Waals surface area (Å²) in [7, 11) is -3.12. The van der Waals surface area contributed by atoms with Crippen LogP contribution in [0.2, 0.25) is 10.0 Å². The number of ether oxygens (including phenoxy) is 1. The molecule has 2 unspecified atom stereocenters. The standard InChI is InChI=1S/C22H24Cl2N2O5S2/c1-12-2-4-15-18(8-12)32-22(20(15)21(28)25-14-6-7-33(29,30)11-14)26-19(27)10-31-17-5-3-13(23)9-16(17)24/h3,5,9,12,14H,2,4,6-8,10-11H2,1H3,(H,25,28)(H,26,27). The summed E-state index contributed by atoms with van der Waals surface area (Å²) in [4.78, 5) is 26.9. The fraction of sp³-hybridized carbons (Fsp3) is 0.455. The van der Waals surface area contributed by atoms with Gasteiger partial charge in [-0.15, -0.1) is 11.3 Å². The van der Waals surface area contributed by atoms with Gasteiger partial charge in [-0.25, -0.2) is 8.42 Å². The van der Waals surface area contributed by atoms with Crippen molar-refractivity contribution in [3.8, 4) is 5.75 Å². The lowest BCUT2D eigenvalue weighted by Gasteiger charge is -2.19. The van der Waals surface area contributed by atoms with Gasteiger partial charge in [0.25, 0.3) is 11.8 Å². The lowest BCUT2D eigenvalue weighted by molar-refractivity contribution is -0.118. The van der Waals surface area contributed by atoms with Crippen LogP contribution < -0.4 is 15.4 Å². The highest BCUT2D eigenvalue weighted by Gasteiger charge is 2.33. The van der Waals surface area contributed by atoms with Gasteiger partial charge in [-0.3, -0.25) is 9.59 Å². The van der Waals surface area contributed by atoms with Crippen molar-refractivity contribution in [3.05, 3.63) is 44.2 Å². The molecule has 0 saturated carbocycles. The molecule has 1 aliphatic heterocycles. The molecule has 0 bridgehead atoms. The maximum absolute atomic E-state index is 13.2. The Morgan fingerprint density at radius 2 is 2.03 bits per heavy atom. The molecule has 2 aliphatic rings. The first-order valence-electron chi connectivity index (χ1n) is 10.6. The van der Waals surface area contributed by atoms with Crippen LogP contribution in [0.5, 0.6) is 5.75 Å². The smallest absolute Gasteiger partial charge is 0.262 e. The van der Waals surface area contributed by atoms with Gasteiger partial charge in [0.2, 0.25) is 0 Å². The number of fused-ring (bicyclic) bond motifs is 1. The normalized spacial score (nSPS) is 21.3. The molecule has 2 amide bonds. The molecule has 1 saturated heterocycles. The van der Waals surface area contributed by atoms with Gasteiger partial charge in [0, 0.05) is 15.9 Å². The first kappa shape index (κ1) is 24.3. The molecular formula is C22H24Cl2N2O5S2. The van der Waals surface area contributed by atoms with Crippen molar-refractivity contribution in [3.63, 3.8) is 0 Å². The van der Waals surface area contributed by atoms with Crippen molar-refractivity contribution in [2.45, 2.75) is 38.6 Å². The molecule has 2 heterocycles. The Morgan fingerprint density at radius 1 is 1.24 bits per heavy atom.